The normalized spacial score (nSPS) is 24.8. The first-order valence-corrected chi connectivity index (χ1v) is 5.34. The number of hydrogen-bond acceptors (Lipinski definition) is 5. The van der Waals surface area contributed by atoms with Gasteiger partial charge in [0.15, 0.2) is 0 Å². The second-order valence-electron chi connectivity index (χ2n) is 3.42. The van der Waals surface area contributed by atoms with Crippen LogP contribution in [0.15, 0.2) is 5.38 Å². The van der Waals surface area contributed by atoms with Crippen LogP contribution in [0.4, 0.5) is 0 Å². The molecule has 0 saturated carbocycles. The molecule has 0 bridgehead atoms. The smallest absolute Gasteiger partial charge is 0.0781 e. The molecule has 72 valence electrons. The molecule has 0 aliphatic carbocycles. The van der Waals surface area contributed by atoms with Crippen molar-refractivity contribution in [3.63, 3.8) is 0 Å². The summed E-state index contributed by atoms with van der Waals surface area (Å²) in [5.74, 6) is 0.390. The predicted octanol–water partition coefficient (Wildman–Crippen LogP) is 0.0510. The van der Waals surface area contributed by atoms with Crippen molar-refractivity contribution in [1.82, 2.24) is 14.9 Å². The van der Waals surface area contributed by atoms with Gasteiger partial charge in [0.2, 0.25) is 0 Å². The number of aliphatic hydroxyl groups is 1. The van der Waals surface area contributed by atoms with E-state index in [-0.39, 0.29) is 6.10 Å². The van der Waals surface area contributed by atoms with Gasteiger partial charge in [0, 0.05) is 18.3 Å². The zero-order valence-corrected chi connectivity index (χ0v) is 8.13. The van der Waals surface area contributed by atoms with Gasteiger partial charge >= 0.3 is 0 Å². The number of aromatic nitrogens is 2. The van der Waals surface area contributed by atoms with Crippen molar-refractivity contribution in [2.45, 2.75) is 18.9 Å². The molecule has 1 aliphatic rings. The van der Waals surface area contributed by atoms with Gasteiger partial charge in [-0.25, -0.2) is 0 Å². The lowest BCUT2D eigenvalue weighted by molar-refractivity contribution is 0.116. The van der Waals surface area contributed by atoms with E-state index >= 15 is 0 Å². The molecule has 0 amide bonds. The molecule has 0 aromatic carbocycles. The first-order valence-electron chi connectivity index (χ1n) is 4.51. The molecule has 1 aliphatic heterocycles. The van der Waals surface area contributed by atoms with Crippen LogP contribution in [0.3, 0.4) is 0 Å². The molecular weight excluding hydrogens is 186 g/mol. The van der Waals surface area contributed by atoms with Crippen molar-refractivity contribution < 1.29 is 5.11 Å². The Bertz CT molecular complexity index is 246. The second-order valence-corrected chi connectivity index (χ2v) is 4.03. The van der Waals surface area contributed by atoms with E-state index in [1.165, 1.54) is 11.5 Å². The molecule has 0 radical (unpaired) electrons. The summed E-state index contributed by atoms with van der Waals surface area (Å²) in [6.45, 7) is 1.95. The van der Waals surface area contributed by atoms with Gasteiger partial charge in [0.05, 0.1) is 11.8 Å². The summed E-state index contributed by atoms with van der Waals surface area (Å²) >= 11 is 1.34. The SMILES string of the molecule is OC(Cc1csnn1)[C@H]1CCNC1. The predicted molar refractivity (Wildman–Crippen MR) is 50.6 cm³/mol. The lowest BCUT2D eigenvalue weighted by Gasteiger charge is -2.14. The highest BCUT2D eigenvalue weighted by Gasteiger charge is 2.23. The van der Waals surface area contributed by atoms with Crippen molar-refractivity contribution in [3.05, 3.63) is 11.1 Å². The average Bonchev–Trinajstić information content (AvgIpc) is 2.74. The maximum absolute atomic E-state index is 9.82. The first kappa shape index (κ1) is 9.05. The maximum Gasteiger partial charge on any atom is 0.0781 e. The standard InChI is InChI=1S/C8H13N3OS/c12-8(6-1-2-9-4-6)3-7-5-13-11-10-7/h5-6,8-9,12H,1-4H2/t6-,8?/m0/s1. The summed E-state index contributed by atoms with van der Waals surface area (Å²) < 4.78 is 3.77. The summed E-state index contributed by atoms with van der Waals surface area (Å²) in [6, 6.07) is 0. The van der Waals surface area contributed by atoms with Gasteiger partial charge in [-0.05, 0) is 30.4 Å². The Kier molecular flexibility index (Phi) is 2.87. The molecule has 1 saturated heterocycles. The van der Waals surface area contributed by atoms with Crippen molar-refractivity contribution in [2.75, 3.05) is 13.1 Å². The maximum atomic E-state index is 9.82. The second kappa shape index (κ2) is 4.13. The number of rotatable bonds is 3. The Balaban J connectivity index is 1.87. The molecule has 1 aromatic rings. The van der Waals surface area contributed by atoms with Crippen LogP contribution in [0.1, 0.15) is 12.1 Å². The van der Waals surface area contributed by atoms with Crippen LogP contribution < -0.4 is 5.32 Å². The Labute approximate surface area is 81.1 Å². The largest absolute Gasteiger partial charge is 0.392 e. The highest BCUT2D eigenvalue weighted by atomic mass is 32.1. The van der Waals surface area contributed by atoms with E-state index in [1.807, 2.05) is 5.38 Å². The summed E-state index contributed by atoms with van der Waals surface area (Å²) in [7, 11) is 0. The van der Waals surface area contributed by atoms with Gasteiger partial charge in [-0.2, -0.15) is 0 Å². The van der Waals surface area contributed by atoms with Crippen LogP contribution in [0.25, 0.3) is 0 Å². The molecule has 2 atom stereocenters. The topological polar surface area (TPSA) is 58.0 Å². The molecule has 2 N–H and O–H groups in total. The number of hydrogen-bond donors (Lipinski definition) is 2. The minimum atomic E-state index is -0.265. The van der Waals surface area contributed by atoms with E-state index in [0.717, 1.165) is 25.2 Å². The highest BCUT2D eigenvalue weighted by molar-refractivity contribution is 7.03. The van der Waals surface area contributed by atoms with E-state index in [0.29, 0.717) is 12.3 Å². The number of aliphatic hydroxyl groups excluding tert-OH is 1. The lowest BCUT2D eigenvalue weighted by Crippen LogP contribution is -2.25. The molecule has 5 heteroatoms. The van der Waals surface area contributed by atoms with Gasteiger partial charge in [0.25, 0.3) is 0 Å². The third-order valence-corrected chi connectivity index (χ3v) is 3.02. The Morgan fingerprint density at radius 2 is 2.69 bits per heavy atom. The molecule has 0 spiro atoms. The quantitative estimate of drug-likeness (QED) is 0.722. The van der Waals surface area contributed by atoms with Gasteiger partial charge in [0.1, 0.15) is 0 Å². The molecule has 13 heavy (non-hydrogen) atoms. The Morgan fingerprint density at radius 3 is 3.31 bits per heavy atom. The minimum Gasteiger partial charge on any atom is -0.392 e. The summed E-state index contributed by atoms with van der Waals surface area (Å²) in [6.07, 6.45) is 1.44. The van der Waals surface area contributed by atoms with Crippen molar-refractivity contribution in [3.8, 4) is 0 Å². The highest BCUT2D eigenvalue weighted by Crippen LogP contribution is 2.16. The lowest BCUT2D eigenvalue weighted by atomic mass is 9.98. The zero-order valence-electron chi connectivity index (χ0n) is 7.31. The van der Waals surface area contributed by atoms with Crippen LogP contribution in [-0.2, 0) is 6.42 Å². The fraction of sp³-hybridized carbons (Fsp3) is 0.750. The third-order valence-electron chi connectivity index (χ3n) is 2.47. The fourth-order valence-electron chi connectivity index (χ4n) is 1.66. The summed E-state index contributed by atoms with van der Waals surface area (Å²) in [4.78, 5) is 0. The Hall–Kier alpha value is -0.520. The van der Waals surface area contributed by atoms with Crippen LogP contribution in [0.2, 0.25) is 0 Å². The molecule has 1 fully saturated rings. The first-order chi connectivity index (χ1) is 6.36. The fourth-order valence-corrected chi connectivity index (χ4v) is 2.12. The average molecular weight is 199 g/mol. The summed E-state index contributed by atoms with van der Waals surface area (Å²) in [5.41, 5.74) is 0.907. The third kappa shape index (κ3) is 2.24. The monoisotopic (exact) mass is 199 g/mol. The van der Waals surface area contributed by atoms with Crippen LogP contribution in [-0.4, -0.2) is 33.9 Å². The van der Waals surface area contributed by atoms with E-state index in [1.54, 1.807) is 0 Å². The number of nitrogens with one attached hydrogen (secondary N) is 1. The van der Waals surface area contributed by atoms with E-state index < -0.39 is 0 Å². The van der Waals surface area contributed by atoms with E-state index in [4.69, 9.17) is 0 Å². The molecule has 1 unspecified atom stereocenters. The van der Waals surface area contributed by atoms with Gasteiger partial charge in [-0.3, -0.25) is 0 Å². The molecule has 1 aromatic heterocycles. The van der Waals surface area contributed by atoms with Gasteiger partial charge in [-0.15, -0.1) is 5.10 Å². The molecular formula is C8H13N3OS. The molecule has 2 rings (SSSR count). The van der Waals surface area contributed by atoms with Crippen molar-refractivity contribution >= 4 is 11.5 Å². The van der Waals surface area contributed by atoms with E-state index in [2.05, 4.69) is 14.9 Å². The van der Waals surface area contributed by atoms with E-state index in [9.17, 15) is 5.11 Å². The zero-order chi connectivity index (χ0) is 9.10. The van der Waals surface area contributed by atoms with Crippen LogP contribution in [0, 0.1) is 5.92 Å². The van der Waals surface area contributed by atoms with Crippen molar-refractivity contribution in [2.24, 2.45) is 5.92 Å². The van der Waals surface area contributed by atoms with Crippen molar-refractivity contribution in [1.29, 1.82) is 0 Å². The Morgan fingerprint density at radius 1 is 1.77 bits per heavy atom. The minimum absolute atomic E-state index is 0.265. The summed E-state index contributed by atoms with van der Waals surface area (Å²) in [5, 5.41) is 18.9. The van der Waals surface area contributed by atoms with Gasteiger partial charge in [-0.1, -0.05) is 4.49 Å². The van der Waals surface area contributed by atoms with Crippen LogP contribution >= 0.6 is 11.5 Å². The van der Waals surface area contributed by atoms with Crippen LogP contribution in [0.5, 0.6) is 0 Å². The molecule has 2 heterocycles. The van der Waals surface area contributed by atoms with Gasteiger partial charge < -0.3 is 10.4 Å². The molecule has 4 nitrogen and oxygen atoms in total. The number of nitrogens with zero attached hydrogens (tertiary/aromatic N) is 2.